The number of fused-ring (bicyclic) bond motifs is 1. The van der Waals surface area contributed by atoms with E-state index < -0.39 is 17.8 Å². The minimum atomic E-state index is -1.41. The van der Waals surface area contributed by atoms with E-state index in [1.54, 1.807) is 13.0 Å². The van der Waals surface area contributed by atoms with Gasteiger partial charge in [0.25, 0.3) is 5.91 Å². The number of hydrogen-bond donors (Lipinski definition) is 2. The van der Waals surface area contributed by atoms with Crippen LogP contribution in [0, 0.1) is 5.82 Å². The van der Waals surface area contributed by atoms with Gasteiger partial charge in [0.05, 0.1) is 0 Å². The van der Waals surface area contributed by atoms with Crippen LogP contribution in [-0.4, -0.2) is 23.8 Å². The van der Waals surface area contributed by atoms with Crippen LogP contribution in [0.1, 0.15) is 29.7 Å². The van der Waals surface area contributed by atoms with Crippen LogP contribution >= 0.6 is 0 Å². The van der Waals surface area contributed by atoms with Crippen molar-refractivity contribution in [1.82, 2.24) is 5.32 Å². The minimum Gasteiger partial charge on any atom is -0.378 e. The zero-order chi connectivity index (χ0) is 14.0. The van der Waals surface area contributed by atoms with Crippen molar-refractivity contribution in [2.45, 2.75) is 19.4 Å². The molecule has 100 valence electrons. The van der Waals surface area contributed by atoms with Gasteiger partial charge in [-0.05, 0) is 47.4 Å². The largest absolute Gasteiger partial charge is 0.378 e. The quantitative estimate of drug-likeness (QED) is 0.800. The van der Waals surface area contributed by atoms with Crippen LogP contribution in [-0.2, 0) is 16.0 Å². The molecule has 19 heavy (non-hydrogen) atoms. The lowest BCUT2D eigenvalue weighted by Gasteiger charge is -2.12. The number of halogens is 1. The predicted octanol–water partition coefficient (Wildman–Crippen LogP) is 1.13. The standard InChI is InChI=1S/C14H14FNO3/c1-2-16-14(19)13(18)10-5-9-3-8(7-17)4-11(9)12(15)6-10/h3,5-7,13,18H,2,4H2,1H3,(H,16,19). The Morgan fingerprint density at radius 1 is 1.58 bits per heavy atom. The maximum atomic E-state index is 13.9. The Hall–Kier alpha value is -2.01. The molecule has 1 aromatic rings. The lowest BCUT2D eigenvalue weighted by atomic mass is 10.0. The monoisotopic (exact) mass is 263 g/mol. The number of likely N-dealkylation sites (N-methyl/N-ethyl adjacent to an activating group) is 1. The summed E-state index contributed by atoms with van der Waals surface area (Å²) in [7, 11) is 0. The van der Waals surface area contributed by atoms with E-state index >= 15 is 0 Å². The van der Waals surface area contributed by atoms with Gasteiger partial charge in [-0.1, -0.05) is 0 Å². The number of nitrogens with one attached hydrogen (secondary N) is 1. The first-order chi connectivity index (χ1) is 9.06. The second-order valence-electron chi connectivity index (χ2n) is 4.38. The SMILES string of the molecule is CCNC(=O)C(O)c1cc(F)c2c(c1)C=C(C=O)C2. The number of amides is 1. The van der Waals surface area contributed by atoms with E-state index in [0.717, 1.165) is 6.07 Å². The molecule has 1 amide bonds. The average Bonchev–Trinajstić information content (AvgIpc) is 2.81. The number of benzene rings is 1. The third-order valence-corrected chi connectivity index (χ3v) is 3.04. The minimum absolute atomic E-state index is 0.186. The fraction of sp³-hybridized carbons (Fsp3) is 0.286. The Morgan fingerprint density at radius 2 is 2.32 bits per heavy atom. The normalized spacial score (nSPS) is 14.6. The molecule has 1 atom stereocenters. The number of aliphatic hydroxyl groups is 1. The van der Waals surface area contributed by atoms with Gasteiger partial charge < -0.3 is 10.4 Å². The summed E-state index contributed by atoms with van der Waals surface area (Å²) in [5, 5.41) is 12.3. The number of carbonyl (C=O) groups excluding carboxylic acids is 2. The van der Waals surface area contributed by atoms with Crippen LogP contribution in [0.15, 0.2) is 17.7 Å². The van der Waals surface area contributed by atoms with Crippen molar-refractivity contribution in [3.63, 3.8) is 0 Å². The number of carbonyl (C=O) groups is 2. The number of allylic oxidation sites excluding steroid dienone is 1. The maximum absolute atomic E-state index is 13.9. The van der Waals surface area contributed by atoms with E-state index in [-0.39, 0.29) is 12.0 Å². The highest BCUT2D eigenvalue weighted by Gasteiger charge is 2.22. The molecular formula is C14H14FNO3. The van der Waals surface area contributed by atoms with Crippen molar-refractivity contribution in [2.24, 2.45) is 0 Å². The number of hydrogen-bond acceptors (Lipinski definition) is 3. The molecule has 0 radical (unpaired) electrons. The van der Waals surface area contributed by atoms with Crippen molar-refractivity contribution < 1.29 is 19.1 Å². The topological polar surface area (TPSA) is 66.4 Å². The summed E-state index contributed by atoms with van der Waals surface area (Å²) < 4.78 is 13.9. The van der Waals surface area contributed by atoms with Gasteiger partial charge in [-0.15, -0.1) is 0 Å². The van der Waals surface area contributed by atoms with Crippen molar-refractivity contribution in [3.05, 3.63) is 40.2 Å². The molecule has 0 saturated carbocycles. The third-order valence-electron chi connectivity index (χ3n) is 3.04. The Morgan fingerprint density at radius 3 is 2.95 bits per heavy atom. The van der Waals surface area contributed by atoms with Crippen LogP contribution in [0.4, 0.5) is 4.39 Å². The average molecular weight is 263 g/mol. The Bertz CT molecular complexity index is 566. The maximum Gasteiger partial charge on any atom is 0.253 e. The van der Waals surface area contributed by atoms with Crippen molar-refractivity contribution >= 4 is 18.3 Å². The summed E-state index contributed by atoms with van der Waals surface area (Å²) in [5.74, 6) is -1.08. The third kappa shape index (κ3) is 2.56. The van der Waals surface area contributed by atoms with Gasteiger partial charge in [-0.2, -0.15) is 0 Å². The van der Waals surface area contributed by atoms with E-state index in [2.05, 4.69) is 5.32 Å². The molecule has 0 spiro atoms. The summed E-state index contributed by atoms with van der Waals surface area (Å²) >= 11 is 0. The second kappa shape index (κ2) is 5.32. The molecule has 2 N–H and O–H groups in total. The zero-order valence-electron chi connectivity index (χ0n) is 10.4. The first kappa shape index (κ1) is 13.4. The van der Waals surface area contributed by atoms with Crippen LogP contribution < -0.4 is 5.32 Å². The summed E-state index contributed by atoms with van der Waals surface area (Å²) in [5.41, 5.74) is 1.64. The van der Waals surface area contributed by atoms with Gasteiger partial charge in [0.15, 0.2) is 6.10 Å². The highest BCUT2D eigenvalue weighted by Crippen LogP contribution is 2.29. The van der Waals surface area contributed by atoms with Crippen molar-refractivity contribution in [3.8, 4) is 0 Å². The van der Waals surface area contributed by atoms with Crippen LogP contribution in [0.3, 0.4) is 0 Å². The van der Waals surface area contributed by atoms with E-state index in [1.165, 1.54) is 6.07 Å². The van der Waals surface area contributed by atoms with Crippen LogP contribution in [0.5, 0.6) is 0 Å². The summed E-state index contributed by atoms with van der Waals surface area (Å²) in [6.45, 7) is 2.12. The molecule has 0 bridgehead atoms. The first-order valence-corrected chi connectivity index (χ1v) is 6.00. The van der Waals surface area contributed by atoms with Crippen LogP contribution in [0.25, 0.3) is 6.08 Å². The van der Waals surface area contributed by atoms with Gasteiger partial charge in [-0.3, -0.25) is 9.59 Å². The molecule has 1 unspecified atom stereocenters. The lowest BCUT2D eigenvalue weighted by molar-refractivity contribution is -0.129. The first-order valence-electron chi connectivity index (χ1n) is 6.00. The van der Waals surface area contributed by atoms with E-state index in [0.29, 0.717) is 29.5 Å². The Balaban J connectivity index is 2.34. The molecule has 4 nitrogen and oxygen atoms in total. The zero-order valence-corrected chi connectivity index (χ0v) is 10.4. The van der Waals surface area contributed by atoms with Gasteiger partial charge in [0, 0.05) is 13.0 Å². The predicted molar refractivity (Wildman–Crippen MR) is 67.8 cm³/mol. The van der Waals surface area contributed by atoms with Crippen molar-refractivity contribution in [2.75, 3.05) is 6.54 Å². The van der Waals surface area contributed by atoms with Gasteiger partial charge in [0.2, 0.25) is 0 Å². The molecule has 1 aromatic carbocycles. The highest BCUT2D eigenvalue weighted by atomic mass is 19.1. The molecule has 1 aliphatic carbocycles. The van der Waals surface area contributed by atoms with Gasteiger partial charge in [0.1, 0.15) is 12.1 Å². The molecular weight excluding hydrogens is 249 g/mol. The number of aldehydes is 1. The van der Waals surface area contributed by atoms with E-state index in [9.17, 15) is 19.1 Å². The van der Waals surface area contributed by atoms with Crippen molar-refractivity contribution in [1.29, 1.82) is 0 Å². The van der Waals surface area contributed by atoms with Gasteiger partial charge >= 0.3 is 0 Å². The molecule has 1 aliphatic rings. The van der Waals surface area contributed by atoms with E-state index in [4.69, 9.17) is 0 Å². The summed E-state index contributed by atoms with van der Waals surface area (Å²) in [6.07, 6.45) is 1.09. The second-order valence-corrected chi connectivity index (χ2v) is 4.38. The molecule has 0 saturated heterocycles. The smallest absolute Gasteiger partial charge is 0.253 e. The number of aliphatic hydroxyl groups excluding tert-OH is 1. The molecule has 0 heterocycles. The Kier molecular flexibility index (Phi) is 3.76. The summed E-state index contributed by atoms with van der Waals surface area (Å²) in [4.78, 5) is 22.2. The molecule has 2 rings (SSSR count). The van der Waals surface area contributed by atoms with Crippen LogP contribution in [0.2, 0.25) is 0 Å². The highest BCUT2D eigenvalue weighted by molar-refractivity contribution is 5.87. The fourth-order valence-electron chi connectivity index (χ4n) is 2.11. The van der Waals surface area contributed by atoms with Gasteiger partial charge in [-0.25, -0.2) is 4.39 Å². The fourth-order valence-corrected chi connectivity index (χ4v) is 2.11. The Labute approximate surface area is 109 Å². The molecule has 0 aliphatic heterocycles. The van der Waals surface area contributed by atoms with E-state index in [1.807, 2.05) is 0 Å². The molecule has 0 aromatic heterocycles. The lowest BCUT2D eigenvalue weighted by Crippen LogP contribution is -2.29. The molecule has 5 heteroatoms. The summed E-state index contributed by atoms with van der Waals surface area (Å²) in [6, 6.07) is 2.68. The molecule has 0 fully saturated rings. The number of rotatable bonds is 4.